The van der Waals surface area contributed by atoms with E-state index in [9.17, 15) is 5.11 Å². The summed E-state index contributed by atoms with van der Waals surface area (Å²) in [5, 5.41) is 11.2. The van der Waals surface area contributed by atoms with Crippen molar-refractivity contribution in [3.05, 3.63) is 69.2 Å². The van der Waals surface area contributed by atoms with Crippen molar-refractivity contribution >= 4 is 11.6 Å². The summed E-state index contributed by atoms with van der Waals surface area (Å²) in [6.45, 7) is 6.02. The number of rotatable bonds is 3. The van der Waals surface area contributed by atoms with Gasteiger partial charge in [-0.2, -0.15) is 0 Å². The molecule has 0 bridgehead atoms. The number of hydrogen-bond acceptors (Lipinski definition) is 1. The van der Waals surface area contributed by atoms with Gasteiger partial charge in [0.2, 0.25) is 0 Å². The molecule has 0 aliphatic heterocycles. The van der Waals surface area contributed by atoms with Crippen LogP contribution in [-0.4, -0.2) is 5.11 Å². The Kier molecular flexibility index (Phi) is 4.28. The third-order valence-electron chi connectivity index (χ3n) is 3.58. The Hall–Kier alpha value is -1.31. The molecule has 1 nitrogen and oxygen atoms in total. The Morgan fingerprint density at radius 3 is 2.37 bits per heavy atom. The van der Waals surface area contributed by atoms with E-state index in [-0.39, 0.29) is 0 Å². The molecule has 19 heavy (non-hydrogen) atoms. The highest BCUT2D eigenvalue weighted by molar-refractivity contribution is 6.31. The molecule has 100 valence electrons. The van der Waals surface area contributed by atoms with Gasteiger partial charge in [0.25, 0.3) is 0 Å². The molecule has 2 aromatic rings. The van der Waals surface area contributed by atoms with Gasteiger partial charge in [-0.15, -0.1) is 0 Å². The molecule has 1 unspecified atom stereocenters. The fraction of sp³-hybridized carbons (Fsp3) is 0.294. The zero-order chi connectivity index (χ0) is 14.0. The van der Waals surface area contributed by atoms with E-state index in [1.165, 1.54) is 11.1 Å². The largest absolute Gasteiger partial charge is 0.388 e. The topological polar surface area (TPSA) is 20.2 Å². The molecule has 0 radical (unpaired) electrons. The van der Waals surface area contributed by atoms with Crippen LogP contribution < -0.4 is 0 Å². The van der Waals surface area contributed by atoms with Crippen molar-refractivity contribution < 1.29 is 5.11 Å². The molecule has 2 heteroatoms. The molecular weight excluding hydrogens is 256 g/mol. The zero-order valence-corrected chi connectivity index (χ0v) is 12.3. The van der Waals surface area contributed by atoms with Crippen molar-refractivity contribution in [3.8, 4) is 0 Å². The van der Waals surface area contributed by atoms with Crippen molar-refractivity contribution in [2.75, 3.05) is 0 Å². The van der Waals surface area contributed by atoms with E-state index >= 15 is 0 Å². The van der Waals surface area contributed by atoms with Crippen molar-refractivity contribution in [1.29, 1.82) is 0 Å². The number of hydrogen-bond donors (Lipinski definition) is 1. The summed E-state index contributed by atoms with van der Waals surface area (Å²) in [5.74, 6) is 0. The van der Waals surface area contributed by atoms with Crippen LogP contribution in [0, 0.1) is 20.8 Å². The SMILES string of the molecule is Cc1cc(C(O)Cc2ccccc2C)c(C)cc1Cl. The summed E-state index contributed by atoms with van der Waals surface area (Å²) >= 11 is 6.09. The smallest absolute Gasteiger partial charge is 0.0833 e. The van der Waals surface area contributed by atoms with Crippen LogP contribution in [0.2, 0.25) is 5.02 Å². The lowest BCUT2D eigenvalue weighted by Gasteiger charge is -2.16. The van der Waals surface area contributed by atoms with Crippen LogP contribution in [0.3, 0.4) is 0 Å². The van der Waals surface area contributed by atoms with E-state index in [2.05, 4.69) is 19.1 Å². The number of aliphatic hydroxyl groups is 1. The van der Waals surface area contributed by atoms with Gasteiger partial charge in [-0.1, -0.05) is 41.9 Å². The lowest BCUT2D eigenvalue weighted by Crippen LogP contribution is -2.05. The molecule has 1 N–H and O–H groups in total. The minimum Gasteiger partial charge on any atom is -0.388 e. The van der Waals surface area contributed by atoms with Crippen LogP contribution in [0.15, 0.2) is 36.4 Å². The predicted octanol–water partition coefficient (Wildman–Crippen LogP) is 4.54. The summed E-state index contributed by atoms with van der Waals surface area (Å²) in [6.07, 6.45) is 0.145. The average Bonchev–Trinajstić information content (AvgIpc) is 2.36. The van der Waals surface area contributed by atoms with Gasteiger partial charge in [0.15, 0.2) is 0 Å². The molecule has 0 fully saturated rings. The van der Waals surface area contributed by atoms with Crippen LogP contribution in [0.25, 0.3) is 0 Å². The van der Waals surface area contributed by atoms with E-state index in [0.717, 1.165) is 21.7 Å². The van der Waals surface area contributed by atoms with Gasteiger partial charge in [0.1, 0.15) is 0 Å². The molecule has 0 amide bonds. The van der Waals surface area contributed by atoms with Crippen LogP contribution in [0.5, 0.6) is 0 Å². The van der Waals surface area contributed by atoms with Crippen molar-refractivity contribution in [2.24, 2.45) is 0 Å². The van der Waals surface area contributed by atoms with Crippen LogP contribution in [-0.2, 0) is 6.42 Å². The fourth-order valence-electron chi connectivity index (χ4n) is 2.32. The first-order valence-corrected chi connectivity index (χ1v) is 6.86. The van der Waals surface area contributed by atoms with Crippen LogP contribution in [0.1, 0.15) is 33.9 Å². The van der Waals surface area contributed by atoms with E-state index in [1.807, 2.05) is 38.1 Å². The number of aryl methyl sites for hydroxylation is 3. The normalized spacial score (nSPS) is 12.5. The summed E-state index contributed by atoms with van der Waals surface area (Å²) in [4.78, 5) is 0. The molecule has 0 aliphatic rings. The molecular formula is C17H19ClO. The summed E-state index contributed by atoms with van der Waals surface area (Å²) < 4.78 is 0. The third kappa shape index (κ3) is 3.17. The van der Waals surface area contributed by atoms with Gasteiger partial charge in [0, 0.05) is 11.4 Å². The molecule has 0 saturated carbocycles. The number of benzene rings is 2. The Labute approximate surface area is 119 Å². The second-order valence-electron chi connectivity index (χ2n) is 5.10. The number of aliphatic hydroxyl groups excluding tert-OH is 1. The van der Waals surface area contributed by atoms with E-state index in [0.29, 0.717) is 6.42 Å². The highest BCUT2D eigenvalue weighted by atomic mass is 35.5. The Bertz CT molecular complexity index is 590. The Balaban J connectivity index is 2.28. The predicted molar refractivity (Wildman–Crippen MR) is 80.8 cm³/mol. The molecule has 1 atom stereocenters. The lowest BCUT2D eigenvalue weighted by atomic mass is 9.94. The van der Waals surface area contributed by atoms with Crippen molar-refractivity contribution in [2.45, 2.75) is 33.3 Å². The minimum absolute atomic E-state index is 0.489. The van der Waals surface area contributed by atoms with Crippen molar-refractivity contribution in [1.82, 2.24) is 0 Å². The molecule has 0 saturated heterocycles. The minimum atomic E-state index is -0.489. The van der Waals surface area contributed by atoms with Gasteiger partial charge >= 0.3 is 0 Å². The van der Waals surface area contributed by atoms with Gasteiger partial charge in [-0.25, -0.2) is 0 Å². The second-order valence-corrected chi connectivity index (χ2v) is 5.51. The van der Waals surface area contributed by atoms with Gasteiger partial charge in [-0.3, -0.25) is 0 Å². The van der Waals surface area contributed by atoms with E-state index < -0.39 is 6.10 Å². The quantitative estimate of drug-likeness (QED) is 0.871. The monoisotopic (exact) mass is 274 g/mol. The maximum atomic E-state index is 10.5. The van der Waals surface area contributed by atoms with Gasteiger partial charge in [-0.05, 0) is 54.7 Å². The highest BCUT2D eigenvalue weighted by Crippen LogP contribution is 2.27. The standard InChI is InChI=1S/C17H19ClO/c1-11-6-4-5-7-14(11)10-17(19)15-8-13(3)16(18)9-12(15)2/h4-9,17,19H,10H2,1-3H3. The van der Waals surface area contributed by atoms with Crippen molar-refractivity contribution in [3.63, 3.8) is 0 Å². The first kappa shape index (κ1) is 14.1. The number of halogens is 1. The maximum absolute atomic E-state index is 10.5. The summed E-state index contributed by atoms with van der Waals surface area (Å²) in [6, 6.07) is 12.1. The Morgan fingerprint density at radius 2 is 1.68 bits per heavy atom. The Morgan fingerprint density at radius 1 is 1.00 bits per heavy atom. The summed E-state index contributed by atoms with van der Waals surface area (Å²) in [7, 11) is 0. The first-order chi connectivity index (χ1) is 8.99. The lowest BCUT2D eigenvalue weighted by molar-refractivity contribution is 0.177. The fourth-order valence-corrected chi connectivity index (χ4v) is 2.54. The molecule has 0 heterocycles. The summed E-state index contributed by atoms with van der Waals surface area (Å²) in [5.41, 5.74) is 5.40. The van der Waals surface area contributed by atoms with E-state index in [1.54, 1.807) is 0 Å². The van der Waals surface area contributed by atoms with Crippen LogP contribution >= 0.6 is 11.6 Å². The van der Waals surface area contributed by atoms with E-state index in [4.69, 9.17) is 11.6 Å². The first-order valence-electron chi connectivity index (χ1n) is 6.48. The van der Waals surface area contributed by atoms with Gasteiger partial charge < -0.3 is 5.11 Å². The molecule has 2 aromatic carbocycles. The maximum Gasteiger partial charge on any atom is 0.0833 e. The van der Waals surface area contributed by atoms with Crippen LogP contribution in [0.4, 0.5) is 0 Å². The molecule has 0 aliphatic carbocycles. The average molecular weight is 275 g/mol. The molecule has 2 rings (SSSR count). The highest BCUT2D eigenvalue weighted by Gasteiger charge is 2.13. The molecule has 0 aromatic heterocycles. The third-order valence-corrected chi connectivity index (χ3v) is 3.99. The second kappa shape index (κ2) is 5.77. The zero-order valence-electron chi connectivity index (χ0n) is 11.6. The van der Waals surface area contributed by atoms with Gasteiger partial charge in [0.05, 0.1) is 6.10 Å². The molecule has 0 spiro atoms.